The summed E-state index contributed by atoms with van der Waals surface area (Å²) in [6, 6.07) is 11.5. The number of hydrazine groups is 1. The number of rotatable bonds is 5. The number of carbonyl (C=O) groups is 2. The van der Waals surface area contributed by atoms with Crippen LogP contribution < -0.4 is 16.2 Å². The summed E-state index contributed by atoms with van der Waals surface area (Å²) in [5, 5.41) is 2.87. The maximum absolute atomic E-state index is 13.2. The standard InChI is InChI=1S/C21H25FN4O2/c1-13-5-4-6-18(14(13)2)24-19(27)12-26(3)21(28)17-11-23-25-20(17)15-7-9-16(22)10-8-15/h4-10,17,20,23,25H,11-12H2,1-3H3,(H,24,27). The fraction of sp³-hybridized carbons (Fsp3) is 0.333. The van der Waals surface area contributed by atoms with Crippen LogP contribution in [0, 0.1) is 25.6 Å². The van der Waals surface area contributed by atoms with Crippen LogP contribution in [0.1, 0.15) is 22.7 Å². The highest BCUT2D eigenvalue weighted by Crippen LogP contribution is 2.26. The van der Waals surface area contributed by atoms with E-state index in [1.165, 1.54) is 17.0 Å². The van der Waals surface area contributed by atoms with Gasteiger partial charge in [0.15, 0.2) is 0 Å². The molecule has 3 N–H and O–H groups in total. The molecule has 7 heteroatoms. The van der Waals surface area contributed by atoms with Crippen LogP contribution in [0.15, 0.2) is 42.5 Å². The van der Waals surface area contributed by atoms with Crippen LogP contribution >= 0.6 is 0 Å². The Morgan fingerprint density at radius 3 is 2.61 bits per heavy atom. The highest BCUT2D eigenvalue weighted by Gasteiger charge is 2.36. The summed E-state index contributed by atoms with van der Waals surface area (Å²) in [6.07, 6.45) is 0. The summed E-state index contributed by atoms with van der Waals surface area (Å²) >= 11 is 0. The number of amides is 2. The quantitative estimate of drug-likeness (QED) is 0.740. The zero-order valence-corrected chi connectivity index (χ0v) is 16.3. The third-order valence-corrected chi connectivity index (χ3v) is 5.16. The van der Waals surface area contributed by atoms with E-state index in [0.29, 0.717) is 6.54 Å². The number of hydrogen-bond acceptors (Lipinski definition) is 4. The van der Waals surface area contributed by atoms with E-state index in [4.69, 9.17) is 0 Å². The van der Waals surface area contributed by atoms with Crippen LogP contribution in [-0.4, -0.2) is 36.9 Å². The number of carbonyl (C=O) groups excluding carboxylic acids is 2. The SMILES string of the molecule is Cc1cccc(NC(=O)CN(C)C(=O)C2CNNC2c2ccc(F)cc2)c1C. The smallest absolute Gasteiger partial charge is 0.243 e. The molecule has 1 aliphatic rings. The molecule has 1 aliphatic heterocycles. The minimum atomic E-state index is -0.385. The van der Waals surface area contributed by atoms with Crippen LogP contribution in [0.5, 0.6) is 0 Å². The molecule has 2 aromatic carbocycles. The van der Waals surface area contributed by atoms with Crippen LogP contribution in [0.3, 0.4) is 0 Å². The van der Waals surface area contributed by atoms with Gasteiger partial charge in [-0.3, -0.25) is 15.0 Å². The molecule has 2 unspecified atom stereocenters. The molecule has 1 saturated heterocycles. The van der Waals surface area contributed by atoms with Crippen LogP contribution in [0.25, 0.3) is 0 Å². The van der Waals surface area contributed by atoms with E-state index >= 15 is 0 Å². The van der Waals surface area contributed by atoms with Crippen molar-refractivity contribution >= 4 is 17.5 Å². The van der Waals surface area contributed by atoms with Crippen molar-refractivity contribution in [3.8, 4) is 0 Å². The number of halogens is 1. The molecule has 0 spiro atoms. The first-order valence-corrected chi connectivity index (χ1v) is 9.21. The van der Waals surface area contributed by atoms with Gasteiger partial charge in [0, 0.05) is 19.3 Å². The van der Waals surface area contributed by atoms with E-state index in [-0.39, 0.29) is 36.1 Å². The number of likely N-dealkylation sites (N-methyl/N-ethyl adjacent to an activating group) is 1. The Labute approximate surface area is 164 Å². The van der Waals surface area contributed by atoms with Crippen LogP contribution in [0.4, 0.5) is 10.1 Å². The van der Waals surface area contributed by atoms with Crippen molar-refractivity contribution in [3.63, 3.8) is 0 Å². The molecular formula is C21H25FN4O2. The van der Waals surface area contributed by atoms with Crippen molar-refractivity contribution in [2.45, 2.75) is 19.9 Å². The molecule has 3 rings (SSSR count). The molecule has 0 saturated carbocycles. The minimum Gasteiger partial charge on any atom is -0.336 e. The summed E-state index contributed by atoms with van der Waals surface area (Å²) in [6.45, 7) is 4.32. The first-order valence-electron chi connectivity index (χ1n) is 9.21. The second kappa shape index (κ2) is 8.50. The maximum Gasteiger partial charge on any atom is 0.243 e. The number of nitrogens with zero attached hydrogens (tertiary/aromatic N) is 1. The molecule has 2 amide bonds. The predicted molar refractivity (Wildman–Crippen MR) is 106 cm³/mol. The van der Waals surface area contributed by atoms with Gasteiger partial charge in [-0.05, 0) is 48.7 Å². The third kappa shape index (κ3) is 4.37. The maximum atomic E-state index is 13.2. The lowest BCUT2D eigenvalue weighted by molar-refractivity contribution is -0.136. The summed E-state index contributed by atoms with van der Waals surface area (Å²) in [5.74, 6) is -1.11. The van der Waals surface area contributed by atoms with E-state index in [0.717, 1.165) is 22.4 Å². The molecule has 0 aromatic heterocycles. The summed E-state index contributed by atoms with van der Waals surface area (Å²) in [5.41, 5.74) is 9.71. The zero-order chi connectivity index (χ0) is 20.3. The lowest BCUT2D eigenvalue weighted by Gasteiger charge is -2.24. The average Bonchev–Trinajstić information content (AvgIpc) is 3.15. The van der Waals surface area contributed by atoms with Crippen molar-refractivity contribution in [3.05, 3.63) is 65.0 Å². The van der Waals surface area contributed by atoms with E-state index in [9.17, 15) is 14.0 Å². The first-order chi connectivity index (χ1) is 13.4. The highest BCUT2D eigenvalue weighted by molar-refractivity contribution is 5.95. The molecule has 28 heavy (non-hydrogen) atoms. The number of aryl methyl sites for hydroxylation is 1. The molecule has 0 aliphatic carbocycles. The number of hydrogen-bond donors (Lipinski definition) is 3. The molecule has 2 aromatic rings. The molecule has 1 heterocycles. The number of nitrogens with one attached hydrogen (secondary N) is 3. The Kier molecular flexibility index (Phi) is 6.06. The Bertz CT molecular complexity index is 869. The monoisotopic (exact) mass is 384 g/mol. The molecular weight excluding hydrogens is 359 g/mol. The van der Waals surface area contributed by atoms with Crippen molar-refractivity contribution in [2.24, 2.45) is 5.92 Å². The van der Waals surface area contributed by atoms with E-state index in [2.05, 4.69) is 16.2 Å². The number of anilines is 1. The predicted octanol–water partition coefficient (Wildman–Crippen LogP) is 2.30. The van der Waals surface area contributed by atoms with Crippen LogP contribution in [0.2, 0.25) is 0 Å². The highest BCUT2D eigenvalue weighted by atomic mass is 19.1. The molecule has 0 radical (unpaired) electrons. The van der Waals surface area contributed by atoms with Crippen molar-refractivity contribution in [2.75, 3.05) is 25.5 Å². The van der Waals surface area contributed by atoms with E-state index in [1.807, 2.05) is 32.0 Å². The lowest BCUT2D eigenvalue weighted by Crippen LogP contribution is -2.41. The van der Waals surface area contributed by atoms with Gasteiger partial charge in [-0.25, -0.2) is 9.82 Å². The van der Waals surface area contributed by atoms with Crippen molar-refractivity contribution < 1.29 is 14.0 Å². The van der Waals surface area contributed by atoms with Gasteiger partial charge in [0.25, 0.3) is 0 Å². The molecule has 1 fully saturated rings. The van der Waals surface area contributed by atoms with Crippen molar-refractivity contribution in [1.29, 1.82) is 0 Å². The number of benzene rings is 2. The molecule has 148 valence electrons. The van der Waals surface area contributed by atoms with Gasteiger partial charge in [0.1, 0.15) is 5.82 Å². The molecule has 0 bridgehead atoms. The largest absolute Gasteiger partial charge is 0.336 e. The Balaban J connectivity index is 1.64. The second-order valence-electron chi connectivity index (χ2n) is 7.15. The third-order valence-electron chi connectivity index (χ3n) is 5.16. The lowest BCUT2D eigenvalue weighted by atomic mass is 9.93. The fourth-order valence-corrected chi connectivity index (χ4v) is 3.37. The van der Waals surface area contributed by atoms with Crippen molar-refractivity contribution in [1.82, 2.24) is 15.8 Å². The van der Waals surface area contributed by atoms with Gasteiger partial charge in [-0.15, -0.1) is 0 Å². The van der Waals surface area contributed by atoms with Gasteiger partial charge in [0.2, 0.25) is 11.8 Å². The zero-order valence-electron chi connectivity index (χ0n) is 16.3. The van der Waals surface area contributed by atoms with Crippen LogP contribution in [-0.2, 0) is 9.59 Å². The Hall–Kier alpha value is -2.77. The normalized spacial score (nSPS) is 18.7. The average molecular weight is 384 g/mol. The topological polar surface area (TPSA) is 73.5 Å². The summed E-state index contributed by atoms with van der Waals surface area (Å²) in [7, 11) is 1.62. The fourth-order valence-electron chi connectivity index (χ4n) is 3.37. The first kappa shape index (κ1) is 20.0. The molecule has 2 atom stereocenters. The van der Waals surface area contributed by atoms with E-state index in [1.54, 1.807) is 19.2 Å². The second-order valence-corrected chi connectivity index (χ2v) is 7.15. The Morgan fingerprint density at radius 2 is 1.89 bits per heavy atom. The van der Waals surface area contributed by atoms with E-state index < -0.39 is 0 Å². The van der Waals surface area contributed by atoms with Gasteiger partial charge in [-0.1, -0.05) is 24.3 Å². The summed E-state index contributed by atoms with van der Waals surface area (Å²) in [4.78, 5) is 26.7. The van der Waals surface area contributed by atoms with Gasteiger partial charge in [0.05, 0.1) is 18.5 Å². The minimum absolute atomic E-state index is 0.0428. The summed E-state index contributed by atoms with van der Waals surface area (Å²) < 4.78 is 13.2. The van der Waals surface area contributed by atoms with Gasteiger partial charge in [-0.2, -0.15) is 0 Å². The van der Waals surface area contributed by atoms with Gasteiger partial charge < -0.3 is 10.2 Å². The van der Waals surface area contributed by atoms with Gasteiger partial charge >= 0.3 is 0 Å². The molecule has 6 nitrogen and oxygen atoms in total. The Morgan fingerprint density at radius 1 is 1.18 bits per heavy atom.